The van der Waals surface area contributed by atoms with Crippen molar-refractivity contribution in [2.45, 2.75) is 19.9 Å². The van der Waals surface area contributed by atoms with Crippen molar-refractivity contribution in [2.24, 2.45) is 0 Å². The lowest BCUT2D eigenvalue weighted by Gasteiger charge is -2.20. The highest BCUT2D eigenvalue weighted by Crippen LogP contribution is 2.21. The summed E-state index contributed by atoms with van der Waals surface area (Å²) in [5, 5.41) is 2.99. The second-order valence-corrected chi connectivity index (χ2v) is 5.74. The number of nitrogens with one attached hydrogen (secondary N) is 2. The van der Waals surface area contributed by atoms with Crippen molar-refractivity contribution in [3.8, 4) is 0 Å². The Morgan fingerprint density at radius 2 is 1.44 bits per heavy atom. The minimum atomic E-state index is -0.376. The maximum absolute atomic E-state index is 12.2. The Bertz CT molecular complexity index is 564. The molecule has 0 radical (unpaired) electrons. The molecule has 0 heterocycles. The number of hydrogen-bond donors (Lipinski definition) is 2. The summed E-state index contributed by atoms with van der Waals surface area (Å²) < 4.78 is 5.38. The van der Waals surface area contributed by atoms with Crippen molar-refractivity contribution in [1.82, 2.24) is 5.32 Å². The van der Waals surface area contributed by atoms with Crippen LogP contribution in [0.4, 0.5) is 4.79 Å². The number of ether oxygens (including phenoxy) is 1. The summed E-state index contributed by atoms with van der Waals surface area (Å²) in [4.78, 5) is 13.6. The van der Waals surface area contributed by atoms with E-state index in [-0.39, 0.29) is 24.5 Å². The van der Waals surface area contributed by atoms with Crippen LogP contribution in [0.5, 0.6) is 0 Å². The molecular formula is C20H27ClN2O2. The normalized spacial score (nSPS) is 10.4. The van der Waals surface area contributed by atoms with Crippen molar-refractivity contribution in [3.05, 3.63) is 71.8 Å². The average Bonchev–Trinajstić information content (AvgIpc) is 2.65. The Hall–Kier alpha value is -2.04. The monoisotopic (exact) mass is 362 g/mol. The quantitative estimate of drug-likeness (QED) is 0.660. The highest BCUT2D eigenvalue weighted by atomic mass is 35.5. The molecule has 2 aromatic rings. The molecular weight excluding hydrogens is 336 g/mol. The number of carbonyl (C=O) groups is 1. The van der Waals surface area contributed by atoms with E-state index in [4.69, 9.17) is 4.74 Å². The minimum absolute atomic E-state index is 0. The maximum Gasteiger partial charge on any atom is 0.408 e. The van der Waals surface area contributed by atoms with Gasteiger partial charge in [0.05, 0.1) is 19.1 Å². The first kappa shape index (κ1) is 21.0. The Labute approximate surface area is 156 Å². The van der Waals surface area contributed by atoms with Crippen molar-refractivity contribution >= 4 is 6.09 Å². The van der Waals surface area contributed by atoms with Gasteiger partial charge in [-0.25, -0.2) is 4.79 Å². The molecule has 4 nitrogen and oxygen atoms in total. The number of rotatable bonds is 8. The molecule has 2 N–H and O–H groups in total. The highest BCUT2D eigenvalue weighted by Gasteiger charge is 2.17. The molecule has 0 saturated heterocycles. The van der Waals surface area contributed by atoms with Crippen LogP contribution < -0.4 is 22.6 Å². The molecule has 2 rings (SSSR count). The van der Waals surface area contributed by atoms with Crippen LogP contribution in [0.3, 0.4) is 0 Å². The van der Waals surface area contributed by atoms with Gasteiger partial charge < -0.3 is 27.4 Å². The van der Waals surface area contributed by atoms with Crippen molar-refractivity contribution in [1.29, 1.82) is 0 Å². The largest absolute Gasteiger partial charge is 1.00 e. The van der Waals surface area contributed by atoms with E-state index in [1.807, 2.05) is 60.7 Å². The average molecular weight is 363 g/mol. The topological polar surface area (TPSA) is 42.8 Å². The van der Waals surface area contributed by atoms with Crippen molar-refractivity contribution < 1.29 is 26.8 Å². The first-order chi connectivity index (χ1) is 11.7. The zero-order valence-electron chi connectivity index (χ0n) is 14.9. The molecule has 1 amide bonds. The van der Waals surface area contributed by atoms with E-state index in [2.05, 4.69) is 19.2 Å². The van der Waals surface area contributed by atoms with Gasteiger partial charge in [0.15, 0.2) is 0 Å². The number of quaternary nitrogens is 1. The molecule has 0 aliphatic carbocycles. The minimum Gasteiger partial charge on any atom is -1.00 e. The number of likely N-dealkylation sites (N-methyl/N-ethyl adjacent to an activating group) is 1. The van der Waals surface area contributed by atoms with Crippen LogP contribution >= 0.6 is 0 Å². The zero-order chi connectivity index (χ0) is 17.2. The van der Waals surface area contributed by atoms with E-state index in [1.165, 1.54) is 4.90 Å². The van der Waals surface area contributed by atoms with E-state index in [1.54, 1.807) is 0 Å². The summed E-state index contributed by atoms with van der Waals surface area (Å²) >= 11 is 0. The van der Waals surface area contributed by atoms with Crippen molar-refractivity contribution in [3.63, 3.8) is 0 Å². The lowest BCUT2D eigenvalue weighted by Crippen LogP contribution is -3.11. The van der Waals surface area contributed by atoms with Gasteiger partial charge in [-0.05, 0) is 25.0 Å². The number of alkyl carbamates (subject to hydrolysis) is 1. The van der Waals surface area contributed by atoms with Crippen LogP contribution in [0.2, 0.25) is 0 Å². The molecule has 0 bridgehead atoms. The predicted octanol–water partition coefficient (Wildman–Crippen LogP) is -0.569. The molecule has 136 valence electrons. The molecule has 0 aliphatic rings. The molecule has 25 heavy (non-hydrogen) atoms. The van der Waals surface area contributed by atoms with Gasteiger partial charge in [0.2, 0.25) is 0 Å². The van der Waals surface area contributed by atoms with Gasteiger partial charge in [-0.1, -0.05) is 60.7 Å². The van der Waals surface area contributed by atoms with E-state index in [0.717, 1.165) is 30.8 Å². The summed E-state index contributed by atoms with van der Waals surface area (Å²) in [6, 6.07) is 19.7. The Morgan fingerprint density at radius 1 is 0.960 bits per heavy atom. The van der Waals surface area contributed by atoms with Crippen LogP contribution in [0.1, 0.15) is 31.0 Å². The summed E-state index contributed by atoms with van der Waals surface area (Å²) in [7, 11) is 0. The van der Waals surface area contributed by atoms with Crippen LogP contribution in [0.25, 0.3) is 0 Å². The summed E-state index contributed by atoms with van der Waals surface area (Å²) in [6.45, 7) is 7.62. The van der Waals surface area contributed by atoms with Crippen molar-refractivity contribution in [2.75, 3.05) is 26.2 Å². The smallest absolute Gasteiger partial charge is 0.408 e. The molecule has 0 atom stereocenters. The van der Waals surface area contributed by atoms with E-state index in [9.17, 15) is 4.79 Å². The van der Waals surface area contributed by atoms with E-state index in [0.29, 0.717) is 6.61 Å². The SMILES string of the molecule is CC[NH+](CC)CCOC(=O)NC(c1ccccc1)c1ccccc1.[Cl-]. The first-order valence-corrected chi connectivity index (χ1v) is 8.61. The molecule has 0 spiro atoms. The van der Waals surface area contributed by atoms with Gasteiger partial charge in [0.1, 0.15) is 13.2 Å². The predicted molar refractivity (Wildman–Crippen MR) is 96.1 cm³/mol. The molecule has 0 aromatic heterocycles. The molecule has 0 saturated carbocycles. The lowest BCUT2D eigenvalue weighted by molar-refractivity contribution is -0.896. The highest BCUT2D eigenvalue weighted by molar-refractivity contribution is 5.68. The van der Waals surface area contributed by atoms with Gasteiger partial charge in [0.25, 0.3) is 0 Å². The van der Waals surface area contributed by atoms with Crippen LogP contribution in [-0.2, 0) is 4.74 Å². The van der Waals surface area contributed by atoms with Gasteiger partial charge >= 0.3 is 6.09 Å². The third-order valence-corrected chi connectivity index (χ3v) is 4.22. The molecule has 0 unspecified atom stereocenters. The molecule has 5 heteroatoms. The third-order valence-electron chi connectivity index (χ3n) is 4.22. The number of benzene rings is 2. The zero-order valence-corrected chi connectivity index (χ0v) is 15.6. The van der Waals surface area contributed by atoms with E-state index >= 15 is 0 Å². The summed E-state index contributed by atoms with van der Waals surface area (Å²) in [6.07, 6.45) is -0.376. The number of carbonyl (C=O) groups excluding carboxylic acids is 1. The molecule has 0 aliphatic heterocycles. The van der Waals surface area contributed by atoms with Gasteiger partial charge in [-0.2, -0.15) is 0 Å². The van der Waals surface area contributed by atoms with Gasteiger partial charge in [0, 0.05) is 0 Å². The Balaban J connectivity index is 0.00000312. The van der Waals surface area contributed by atoms with E-state index < -0.39 is 0 Å². The number of amides is 1. The second-order valence-electron chi connectivity index (χ2n) is 5.74. The van der Waals surface area contributed by atoms with Crippen LogP contribution in [0, 0.1) is 0 Å². The maximum atomic E-state index is 12.2. The Kier molecular flexibility index (Phi) is 9.66. The number of hydrogen-bond acceptors (Lipinski definition) is 2. The lowest BCUT2D eigenvalue weighted by atomic mass is 9.99. The fourth-order valence-electron chi connectivity index (χ4n) is 2.70. The third kappa shape index (κ3) is 6.77. The number of halogens is 1. The van der Waals surface area contributed by atoms with Gasteiger partial charge in [-0.3, -0.25) is 0 Å². The Morgan fingerprint density at radius 3 is 1.88 bits per heavy atom. The standard InChI is InChI=1S/C20H26N2O2.ClH/c1-3-22(4-2)15-16-24-20(23)21-19(17-11-7-5-8-12-17)18-13-9-6-10-14-18;/h5-14,19H,3-4,15-16H2,1-2H3,(H,21,23);1H. The summed E-state index contributed by atoms with van der Waals surface area (Å²) in [5.41, 5.74) is 2.07. The van der Waals surface area contributed by atoms with Gasteiger partial charge in [-0.15, -0.1) is 0 Å². The fraction of sp³-hybridized carbons (Fsp3) is 0.350. The van der Waals surface area contributed by atoms with Crippen LogP contribution in [-0.4, -0.2) is 32.3 Å². The second kappa shape index (κ2) is 11.5. The van der Waals surface area contributed by atoms with Crippen LogP contribution in [0.15, 0.2) is 60.7 Å². The summed E-state index contributed by atoms with van der Waals surface area (Å²) in [5.74, 6) is 0. The first-order valence-electron chi connectivity index (χ1n) is 8.61. The molecule has 0 fully saturated rings. The fourth-order valence-corrected chi connectivity index (χ4v) is 2.70. The molecule has 2 aromatic carbocycles.